The zero-order valence-corrected chi connectivity index (χ0v) is 15.6. The summed E-state index contributed by atoms with van der Waals surface area (Å²) in [6, 6.07) is 8.49. The maximum Gasteiger partial charge on any atom is 0.276 e. The number of ether oxygens (including phenoxy) is 1. The summed E-state index contributed by atoms with van der Waals surface area (Å²) in [5, 5.41) is 10.4. The van der Waals surface area contributed by atoms with E-state index in [1.54, 1.807) is 30.3 Å². The van der Waals surface area contributed by atoms with Gasteiger partial charge in [-0.15, -0.1) is 0 Å². The highest BCUT2D eigenvalue weighted by Crippen LogP contribution is 2.31. The van der Waals surface area contributed by atoms with Gasteiger partial charge in [0.25, 0.3) is 5.91 Å². The van der Waals surface area contributed by atoms with Crippen molar-refractivity contribution in [2.45, 2.75) is 13.8 Å². The Balaban J connectivity index is 1.65. The van der Waals surface area contributed by atoms with E-state index >= 15 is 0 Å². The van der Waals surface area contributed by atoms with E-state index < -0.39 is 5.82 Å². The predicted octanol–water partition coefficient (Wildman–Crippen LogP) is 3.97. The number of carbonyl (C=O) groups is 1. The number of aromatic amines is 2. The number of halogens is 1. The van der Waals surface area contributed by atoms with Gasteiger partial charge in [0.2, 0.25) is 0 Å². The molecule has 1 amide bonds. The van der Waals surface area contributed by atoms with E-state index in [9.17, 15) is 9.18 Å². The lowest BCUT2D eigenvalue weighted by atomic mass is 10.1. The monoisotopic (exact) mass is 379 g/mol. The van der Waals surface area contributed by atoms with Gasteiger partial charge < -0.3 is 15.0 Å². The number of rotatable bonds is 4. The van der Waals surface area contributed by atoms with Crippen LogP contribution in [0, 0.1) is 19.7 Å². The highest BCUT2D eigenvalue weighted by atomic mass is 19.1. The zero-order valence-electron chi connectivity index (χ0n) is 15.6. The van der Waals surface area contributed by atoms with Gasteiger partial charge >= 0.3 is 0 Å². The maximum atomic E-state index is 14.5. The molecule has 28 heavy (non-hydrogen) atoms. The van der Waals surface area contributed by atoms with Crippen molar-refractivity contribution < 1.29 is 13.9 Å². The first-order valence-corrected chi connectivity index (χ1v) is 8.62. The summed E-state index contributed by atoms with van der Waals surface area (Å²) >= 11 is 0. The number of H-pyrrole nitrogens is 2. The van der Waals surface area contributed by atoms with E-state index in [2.05, 4.69) is 25.5 Å². The Morgan fingerprint density at radius 2 is 2.07 bits per heavy atom. The minimum Gasteiger partial charge on any atom is -0.494 e. The summed E-state index contributed by atoms with van der Waals surface area (Å²) in [4.78, 5) is 19.8. The summed E-state index contributed by atoms with van der Waals surface area (Å²) in [6.45, 7) is 3.68. The highest BCUT2D eigenvalue weighted by Gasteiger charge is 2.16. The van der Waals surface area contributed by atoms with Crippen LogP contribution in [-0.2, 0) is 0 Å². The van der Waals surface area contributed by atoms with E-state index in [1.165, 1.54) is 13.3 Å². The maximum absolute atomic E-state index is 14.5. The molecule has 8 heteroatoms. The van der Waals surface area contributed by atoms with Crippen molar-refractivity contribution in [1.29, 1.82) is 0 Å². The number of nitrogens with zero attached hydrogens (tertiary/aromatic N) is 2. The molecule has 0 atom stereocenters. The molecule has 0 aliphatic carbocycles. The van der Waals surface area contributed by atoms with Gasteiger partial charge in [0.05, 0.1) is 24.7 Å². The Kier molecular flexibility index (Phi) is 4.31. The van der Waals surface area contributed by atoms with Gasteiger partial charge in [-0.25, -0.2) is 9.37 Å². The second-order valence-electron chi connectivity index (χ2n) is 6.44. The van der Waals surface area contributed by atoms with Crippen molar-refractivity contribution in [3.63, 3.8) is 0 Å². The molecule has 0 radical (unpaired) electrons. The molecule has 0 saturated heterocycles. The van der Waals surface area contributed by atoms with Crippen LogP contribution >= 0.6 is 0 Å². The molecule has 0 aliphatic heterocycles. The zero-order chi connectivity index (χ0) is 19.8. The number of pyridine rings is 1. The number of hydrogen-bond acceptors (Lipinski definition) is 4. The van der Waals surface area contributed by atoms with Gasteiger partial charge in [-0.1, -0.05) is 6.07 Å². The first-order valence-electron chi connectivity index (χ1n) is 8.62. The minimum absolute atomic E-state index is 0.168. The van der Waals surface area contributed by atoms with Gasteiger partial charge in [0.1, 0.15) is 5.65 Å². The van der Waals surface area contributed by atoms with Gasteiger partial charge in [0.15, 0.2) is 17.3 Å². The van der Waals surface area contributed by atoms with Crippen molar-refractivity contribution in [3.8, 4) is 17.0 Å². The summed E-state index contributed by atoms with van der Waals surface area (Å²) in [5.74, 6) is -0.603. The SMILES string of the molecule is COc1cccc(-c2cc3cc(NC(=O)c4n[nH]c(C)c4C)cnc3[nH]2)c1F. The molecule has 4 rings (SSSR count). The number of fused-ring (bicyclic) bond motifs is 1. The normalized spacial score (nSPS) is 11.0. The number of aromatic nitrogens is 4. The van der Waals surface area contributed by atoms with Crippen LogP contribution in [0.4, 0.5) is 10.1 Å². The van der Waals surface area contributed by atoms with Crippen LogP contribution in [0.2, 0.25) is 0 Å². The Labute approximate surface area is 160 Å². The van der Waals surface area contributed by atoms with E-state index in [4.69, 9.17) is 4.74 Å². The average molecular weight is 379 g/mol. The van der Waals surface area contributed by atoms with Crippen molar-refractivity contribution in [3.05, 3.63) is 59.3 Å². The van der Waals surface area contributed by atoms with E-state index in [0.717, 1.165) is 16.6 Å². The van der Waals surface area contributed by atoms with Crippen LogP contribution in [0.3, 0.4) is 0 Å². The average Bonchev–Trinajstić information content (AvgIpc) is 3.25. The molecule has 0 spiro atoms. The van der Waals surface area contributed by atoms with Crippen LogP contribution < -0.4 is 10.1 Å². The number of benzene rings is 1. The van der Waals surface area contributed by atoms with E-state index in [-0.39, 0.29) is 11.7 Å². The molecule has 0 saturated carbocycles. The number of nitrogens with one attached hydrogen (secondary N) is 3. The topological polar surface area (TPSA) is 95.7 Å². The number of carbonyl (C=O) groups excluding carboxylic acids is 1. The molecule has 1 aromatic carbocycles. The molecule has 142 valence electrons. The molecule has 0 bridgehead atoms. The molecule has 0 aliphatic rings. The third-order valence-electron chi connectivity index (χ3n) is 4.67. The van der Waals surface area contributed by atoms with Crippen molar-refractivity contribution in [2.75, 3.05) is 12.4 Å². The van der Waals surface area contributed by atoms with Gasteiger partial charge in [-0.3, -0.25) is 9.89 Å². The highest BCUT2D eigenvalue weighted by molar-refractivity contribution is 6.04. The molecule has 0 unspecified atom stereocenters. The van der Waals surface area contributed by atoms with Crippen LogP contribution in [0.5, 0.6) is 5.75 Å². The number of methoxy groups -OCH3 is 1. The second-order valence-corrected chi connectivity index (χ2v) is 6.44. The first-order chi connectivity index (χ1) is 13.5. The summed E-state index contributed by atoms with van der Waals surface area (Å²) in [7, 11) is 1.42. The Morgan fingerprint density at radius 3 is 2.79 bits per heavy atom. The fraction of sp³-hybridized carbons (Fsp3) is 0.150. The van der Waals surface area contributed by atoms with Gasteiger partial charge in [-0.05, 0) is 38.1 Å². The Bertz CT molecular complexity index is 1190. The van der Waals surface area contributed by atoms with Gasteiger partial charge in [0, 0.05) is 22.2 Å². The quantitative estimate of drug-likeness (QED) is 0.500. The molecule has 3 aromatic heterocycles. The van der Waals surface area contributed by atoms with E-state index in [1.807, 2.05) is 13.8 Å². The lowest BCUT2D eigenvalue weighted by molar-refractivity contribution is 0.102. The van der Waals surface area contributed by atoms with Crippen LogP contribution in [0.1, 0.15) is 21.7 Å². The molecule has 7 nitrogen and oxygen atoms in total. The molecule has 3 heterocycles. The number of aryl methyl sites for hydroxylation is 1. The summed E-state index contributed by atoms with van der Waals surface area (Å²) in [5.41, 5.74) is 4.03. The number of hydrogen-bond donors (Lipinski definition) is 3. The first kappa shape index (κ1) is 17.7. The fourth-order valence-electron chi connectivity index (χ4n) is 3.00. The van der Waals surface area contributed by atoms with Crippen molar-refractivity contribution in [1.82, 2.24) is 20.2 Å². The smallest absolute Gasteiger partial charge is 0.276 e. The van der Waals surface area contributed by atoms with Crippen molar-refractivity contribution in [2.24, 2.45) is 0 Å². The molecular weight excluding hydrogens is 361 g/mol. The fourth-order valence-corrected chi connectivity index (χ4v) is 3.00. The van der Waals surface area contributed by atoms with Gasteiger partial charge in [-0.2, -0.15) is 5.10 Å². The second kappa shape index (κ2) is 6.80. The van der Waals surface area contributed by atoms with Crippen molar-refractivity contribution >= 4 is 22.6 Å². The molecule has 0 fully saturated rings. The predicted molar refractivity (Wildman–Crippen MR) is 104 cm³/mol. The lowest BCUT2D eigenvalue weighted by Gasteiger charge is -2.05. The third kappa shape index (κ3) is 2.98. The van der Waals surface area contributed by atoms with Crippen LogP contribution in [0.15, 0.2) is 36.5 Å². The van der Waals surface area contributed by atoms with Crippen LogP contribution in [-0.4, -0.2) is 33.2 Å². The number of amides is 1. The Hall–Kier alpha value is -3.68. The summed E-state index contributed by atoms with van der Waals surface area (Å²) in [6.07, 6.45) is 1.54. The molecule has 4 aromatic rings. The number of anilines is 1. The van der Waals surface area contributed by atoms with Crippen LogP contribution in [0.25, 0.3) is 22.3 Å². The molecular formula is C20H18FN5O2. The largest absolute Gasteiger partial charge is 0.494 e. The Morgan fingerprint density at radius 1 is 1.25 bits per heavy atom. The minimum atomic E-state index is -0.450. The standard InChI is InChI=1S/C20H18FN5O2/c1-10-11(2)25-26-18(10)20(27)23-13-7-12-8-15(24-19(12)22-9-13)14-5-4-6-16(28-3)17(14)21/h4-9H,1-3H3,(H,22,24)(H,23,27)(H,25,26). The lowest BCUT2D eigenvalue weighted by Crippen LogP contribution is -2.13. The molecule has 3 N–H and O–H groups in total. The van der Waals surface area contributed by atoms with E-state index in [0.29, 0.717) is 28.3 Å². The summed E-state index contributed by atoms with van der Waals surface area (Å²) < 4.78 is 19.6. The third-order valence-corrected chi connectivity index (χ3v) is 4.67.